The molecule has 1 N–H and O–H groups in total. The standard InChI is InChI=1S/C14H26N2O4/c1-6-16(8-7-13(19)20-5)9-12(18)15-14(10(2)3)11(4)17/h10,14H,6-9H2,1-5H3,(H,15,18). The van der Waals surface area contributed by atoms with Crippen LogP contribution < -0.4 is 5.32 Å². The van der Waals surface area contributed by atoms with Gasteiger partial charge in [-0.2, -0.15) is 0 Å². The van der Waals surface area contributed by atoms with Crippen LogP contribution >= 0.6 is 0 Å². The molecule has 6 nitrogen and oxygen atoms in total. The van der Waals surface area contributed by atoms with Gasteiger partial charge < -0.3 is 10.1 Å². The highest BCUT2D eigenvalue weighted by Crippen LogP contribution is 2.03. The fraction of sp³-hybridized carbons (Fsp3) is 0.786. The molecule has 1 amide bonds. The van der Waals surface area contributed by atoms with Crippen LogP contribution in [0.5, 0.6) is 0 Å². The van der Waals surface area contributed by atoms with Crippen molar-refractivity contribution in [3.63, 3.8) is 0 Å². The third kappa shape index (κ3) is 7.23. The summed E-state index contributed by atoms with van der Waals surface area (Å²) in [6, 6.07) is -0.457. The van der Waals surface area contributed by atoms with Gasteiger partial charge in [-0.1, -0.05) is 20.8 Å². The number of Topliss-reactive ketones (excluding diaryl/α,β-unsaturated/α-hetero) is 1. The van der Waals surface area contributed by atoms with Gasteiger partial charge in [-0.15, -0.1) is 0 Å². The van der Waals surface area contributed by atoms with Crippen molar-refractivity contribution < 1.29 is 19.1 Å². The molecule has 6 heteroatoms. The van der Waals surface area contributed by atoms with Crippen molar-refractivity contribution in [3.8, 4) is 0 Å². The SMILES string of the molecule is CCN(CCC(=O)OC)CC(=O)NC(C(C)=O)C(C)C. The summed E-state index contributed by atoms with van der Waals surface area (Å²) >= 11 is 0. The molecule has 0 aromatic carbocycles. The zero-order valence-corrected chi connectivity index (χ0v) is 13.1. The number of nitrogens with zero attached hydrogens (tertiary/aromatic N) is 1. The molecule has 0 aliphatic carbocycles. The Morgan fingerprint density at radius 1 is 1.25 bits per heavy atom. The van der Waals surface area contributed by atoms with Crippen molar-refractivity contribution in [2.24, 2.45) is 5.92 Å². The molecular weight excluding hydrogens is 260 g/mol. The minimum absolute atomic E-state index is 0.0500. The lowest BCUT2D eigenvalue weighted by molar-refractivity contribution is -0.141. The van der Waals surface area contributed by atoms with Crippen LogP contribution in [0, 0.1) is 5.92 Å². The summed E-state index contributed by atoms with van der Waals surface area (Å²) in [7, 11) is 1.34. The molecule has 0 bridgehead atoms. The molecule has 0 saturated carbocycles. The van der Waals surface area contributed by atoms with E-state index in [1.54, 1.807) is 0 Å². The quantitative estimate of drug-likeness (QED) is 0.628. The minimum atomic E-state index is -0.457. The van der Waals surface area contributed by atoms with E-state index in [4.69, 9.17) is 0 Å². The number of rotatable bonds is 9. The van der Waals surface area contributed by atoms with Gasteiger partial charge >= 0.3 is 5.97 Å². The van der Waals surface area contributed by atoms with Gasteiger partial charge in [0, 0.05) is 6.54 Å². The van der Waals surface area contributed by atoms with Crippen LogP contribution in [0.2, 0.25) is 0 Å². The van der Waals surface area contributed by atoms with E-state index in [-0.39, 0.29) is 36.5 Å². The van der Waals surface area contributed by atoms with Crippen LogP contribution in [0.1, 0.15) is 34.1 Å². The van der Waals surface area contributed by atoms with Gasteiger partial charge in [0.05, 0.1) is 26.1 Å². The van der Waals surface area contributed by atoms with E-state index in [9.17, 15) is 14.4 Å². The van der Waals surface area contributed by atoms with Crippen molar-refractivity contribution in [2.45, 2.75) is 40.2 Å². The summed E-state index contributed by atoms with van der Waals surface area (Å²) in [6.45, 7) is 8.45. The van der Waals surface area contributed by atoms with Crippen LogP contribution in [-0.4, -0.2) is 55.3 Å². The summed E-state index contributed by atoms with van der Waals surface area (Å²) in [5.41, 5.74) is 0. The highest BCUT2D eigenvalue weighted by molar-refractivity contribution is 5.88. The molecule has 116 valence electrons. The number of carbonyl (C=O) groups excluding carboxylic acids is 3. The van der Waals surface area contributed by atoms with Gasteiger partial charge in [-0.25, -0.2) is 0 Å². The molecule has 0 fully saturated rings. The number of ether oxygens (including phenoxy) is 1. The number of likely N-dealkylation sites (N-methyl/N-ethyl adjacent to an activating group) is 1. The van der Waals surface area contributed by atoms with Gasteiger partial charge in [0.1, 0.15) is 0 Å². The number of carbonyl (C=O) groups is 3. The predicted octanol–water partition coefficient (Wildman–Crippen LogP) is 0.601. The molecular formula is C14H26N2O4. The number of amides is 1. The maximum atomic E-state index is 11.9. The highest BCUT2D eigenvalue weighted by atomic mass is 16.5. The van der Waals surface area contributed by atoms with Gasteiger partial charge in [-0.3, -0.25) is 19.3 Å². The smallest absolute Gasteiger partial charge is 0.306 e. The van der Waals surface area contributed by atoms with Crippen LogP contribution in [0.3, 0.4) is 0 Å². The van der Waals surface area contributed by atoms with Gasteiger partial charge in [-0.05, 0) is 19.4 Å². The Hall–Kier alpha value is -1.43. The predicted molar refractivity (Wildman–Crippen MR) is 76.2 cm³/mol. The van der Waals surface area contributed by atoms with Gasteiger partial charge in [0.25, 0.3) is 0 Å². The average molecular weight is 286 g/mol. The van der Waals surface area contributed by atoms with Crippen LogP contribution in [0.4, 0.5) is 0 Å². The van der Waals surface area contributed by atoms with Gasteiger partial charge in [0.2, 0.25) is 5.91 Å². The lowest BCUT2D eigenvalue weighted by Gasteiger charge is -2.23. The second-order valence-electron chi connectivity index (χ2n) is 5.09. The average Bonchev–Trinajstić information content (AvgIpc) is 2.39. The summed E-state index contributed by atoms with van der Waals surface area (Å²) in [5, 5.41) is 2.74. The molecule has 0 heterocycles. The molecule has 0 aliphatic heterocycles. The third-order valence-corrected chi connectivity index (χ3v) is 3.10. The van der Waals surface area contributed by atoms with Crippen LogP contribution in [0.15, 0.2) is 0 Å². The first-order valence-electron chi connectivity index (χ1n) is 6.90. The van der Waals surface area contributed by atoms with Gasteiger partial charge in [0.15, 0.2) is 5.78 Å². The van der Waals surface area contributed by atoms with Crippen LogP contribution in [0.25, 0.3) is 0 Å². The maximum Gasteiger partial charge on any atom is 0.306 e. The lowest BCUT2D eigenvalue weighted by Crippen LogP contribution is -2.47. The Morgan fingerprint density at radius 3 is 2.25 bits per heavy atom. The number of nitrogens with one attached hydrogen (secondary N) is 1. The Balaban J connectivity index is 4.33. The van der Waals surface area contributed by atoms with Crippen molar-refractivity contribution in [1.29, 1.82) is 0 Å². The summed E-state index contributed by atoms with van der Waals surface area (Å²) < 4.78 is 4.57. The zero-order valence-electron chi connectivity index (χ0n) is 13.1. The second kappa shape index (κ2) is 9.47. The highest BCUT2D eigenvalue weighted by Gasteiger charge is 2.21. The summed E-state index contributed by atoms with van der Waals surface area (Å²) in [4.78, 5) is 36.3. The lowest BCUT2D eigenvalue weighted by atomic mass is 10.0. The number of esters is 1. The molecule has 0 aliphatic rings. The normalized spacial score (nSPS) is 12.3. The van der Waals surface area contributed by atoms with E-state index in [1.165, 1.54) is 14.0 Å². The molecule has 0 radical (unpaired) electrons. The van der Waals surface area contributed by atoms with E-state index >= 15 is 0 Å². The first kappa shape index (κ1) is 18.6. The Labute approximate surface area is 120 Å². The zero-order chi connectivity index (χ0) is 15.7. The topological polar surface area (TPSA) is 75.7 Å². The summed E-state index contributed by atoms with van der Waals surface area (Å²) in [6.07, 6.45) is 0.248. The van der Waals surface area contributed by atoms with E-state index in [2.05, 4.69) is 10.1 Å². The van der Waals surface area contributed by atoms with Crippen molar-refractivity contribution in [2.75, 3.05) is 26.7 Å². The first-order chi connectivity index (χ1) is 9.31. The largest absolute Gasteiger partial charge is 0.469 e. The van der Waals surface area contributed by atoms with E-state index in [0.717, 1.165) is 0 Å². The maximum absolute atomic E-state index is 11.9. The van der Waals surface area contributed by atoms with Crippen molar-refractivity contribution in [3.05, 3.63) is 0 Å². The molecule has 0 rings (SSSR count). The van der Waals surface area contributed by atoms with Crippen molar-refractivity contribution >= 4 is 17.7 Å². The third-order valence-electron chi connectivity index (χ3n) is 3.10. The molecule has 20 heavy (non-hydrogen) atoms. The van der Waals surface area contributed by atoms with E-state index in [0.29, 0.717) is 13.1 Å². The molecule has 0 spiro atoms. The Kier molecular flexibility index (Phi) is 8.79. The first-order valence-corrected chi connectivity index (χ1v) is 6.90. The fourth-order valence-electron chi connectivity index (χ4n) is 1.86. The van der Waals surface area contributed by atoms with E-state index < -0.39 is 6.04 Å². The number of methoxy groups -OCH3 is 1. The summed E-state index contributed by atoms with van der Waals surface area (Å²) in [5.74, 6) is -0.495. The van der Waals surface area contributed by atoms with E-state index in [1.807, 2.05) is 25.7 Å². The Bertz CT molecular complexity index is 342. The number of hydrogen-bond acceptors (Lipinski definition) is 5. The monoisotopic (exact) mass is 286 g/mol. The number of ketones is 1. The molecule has 0 saturated heterocycles. The number of hydrogen-bond donors (Lipinski definition) is 1. The van der Waals surface area contributed by atoms with Crippen molar-refractivity contribution in [1.82, 2.24) is 10.2 Å². The molecule has 1 unspecified atom stereocenters. The molecule has 1 atom stereocenters. The molecule has 0 aromatic rings. The fourth-order valence-corrected chi connectivity index (χ4v) is 1.86. The molecule has 0 aromatic heterocycles. The minimum Gasteiger partial charge on any atom is -0.469 e. The second-order valence-corrected chi connectivity index (χ2v) is 5.09. The van der Waals surface area contributed by atoms with Crippen LogP contribution in [-0.2, 0) is 19.1 Å². The Morgan fingerprint density at radius 2 is 1.85 bits per heavy atom.